The maximum absolute atomic E-state index is 12.2. The highest BCUT2D eigenvalue weighted by atomic mass is 32.2. The smallest absolute Gasteiger partial charge is 0.158 e. The number of nitrogens with two attached hydrogens (primary N) is 1. The second kappa shape index (κ2) is 5.13. The number of anilines is 1. The molecule has 0 atom stereocenters. The molecule has 2 rings (SSSR count). The van der Waals surface area contributed by atoms with Gasteiger partial charge in [-0.15, -0.1) is 0 Å². The first-order valence-electron chi connectivity index (χ1n) is 6.84. The molecule has 0 bridgehead atoms. The summed E-state index contributed by atoms with van der Waals surface area (Å²) in [6.45, 7) is 7.51. The lowest BCUT2D eigenvalue weighted by Crippen LogP contribution is -2.18. The highest BCUT2D eigenvalue weighted by Crippen LogP contribution is 2.30. The van der Waals surface area contributed by atoms with Crippen LogP contribution in [-0.2, 0) is 15.6 Å². The average molecular weight is 294 g/mol. The summed E-state index contributed by atoms with van der Waals surface area (Å²) < 4.78 is 26.4. The van der Waals surface area contributed by atoms with Crippen molar-refractivity contribution in [3.05, 3.63) is 30.0 Å². The van der Waals surface area contributed by atoms with Crippen molar-refractivity contribution in [3.8, 4) is 0 Å². The number of hydrogen-bond acceptors (Lipinski definition) is 3. The summed E-state index contributed by atoms with van der Waals surface area (Å²) in [5.74, 6) is 0.0525. The minimum atomic E-state index is -3.13. The molecule has 2 N–H and O–H groups in total. The summed E-state index contributed by atoms with van der Waals surface area (Å²) in [6.07, 6.45) is 0. The first-order chi connectivity index (χ1) is 9.24. The van der Waals surface area contributed by atoms with Gasteiger partial charge in [-0.3, -0.25) is 0 Å². The third kappa shape index (κ3) is 2.54. The van der Waals surface area contributed by atoms with Gasteiger partial charge in [-0.2, -0.15) is 0 Å². The van der Waals surface area contributed by atoms with Crippen molar-refractivity contribution >= 4 is 26.4 Å². The normalized spacial score (nSPS) is 12.7. The molecule has 0 saturated carbocycles. The van der Waals surface area contributed by atoms with Gasteiger partial charge in [0.05, 0.1) is 22.2 Å². The second-order valence-electron chi connectivity index (χ2n) is 5.74. The molecular formula is C15H22N2O2S. The number of hydrogen-bond donors (Lipinski definition) is 1. The summed E-state index contributed by atoms with van der Waals surface area (Å²) >= 11 is 0. The van der Waals surface area contributed by atoms with Crippen molar-refractivity contribution in [2.24, 2.45) is 0 Å². The Morgan fingerprint density at radius 3 is 2.40 bits per heavy atom. The van der Waals surface area contributed by atoms with E-state index in [2.05, 4.69) is 0 Å². The van der Waals surface area contributed by atoms with Crippen molar-refractivity contribution in [1.29, 1.82) is 0 Å². The van der Waals surface area contributed by atoms with Crippen LogP contribution in [0.1, 0.15) is 39.4 Å². The second-order valence-corrected chi connectivity index (χ2v) is 8.30. The minimum Gasteiger partial charge on any atom is -0.397 e. The van der Waals surface area contributed by atoms with E-state index in [1.165, 1.54) is 0 Å². The van der Waals surface area contributed by atoms with E-state index in [1.54, 1.807) is 13.8 Å². The first-order valence-corrected chi connectivity index (χ1v) is 8.55. The monoisotopic (exact) mass is 294 g/mol. The number of rotatable bonds is 4. The van der Waals surface area contributed by atoms with Crippen molar-refractivity contribution < 1.29 is 8.42 Å². The zero-order chi connectivity index (χ0) is 15.1. The Bertz CT molecular complexity index is 728. The molecule has 110 valence electrons. The molecule has 0 spiro atoms. The van der Waals surface area contributed by atoms with E-state index >= 15 is 0 Å². The number of fused-ring (bicyclic) bond motifs is 1. The largest absolute Gasteiger partial charge is 0.397 e. The Labute approximate surface area is 120 Å². The summed E-state index contributed by atoms with van der Waals surface area (Å²) in [4.78, 5) is 0. The van der Waals surface area contributed by atoms with Crippen molar-refractivity contribution in [2.75, 3.05) is 5.73 Å². The van der Waals surface area contributed by atoms with E-state index in [1.807, 2.05) is 42.7 Å². The van der Waals surface area contributed by atoms with Crippen molar-refractivity contribution in [1.82, 2.24) is 4.57 Å². The number of nitrogens with zero attached hydrogens (tertiary/aromatic N) is 1. The molecule has 0 unspecified atom stereocenters. The fourth-order valence-electron chi connectivity index (χ4n) is 2.44. The van der Waals surface area contributed by atoms with Gasteiger partial charge in [-0.25, -0.2) is 8.42 Å². The molecule has 1 heterocycles. The van der Waals surface area contributed by atoms with Gasteiger partial charge in [0.15, 0.2) is 9.84 Å². The van der Waals surface area contributed by atoms with E-state index < -0.39 is 9.84 Å². The predicted molar refractivity (Wildman–Crippen MR) is 84.5 cm³/mol. The highest BCUT2D eigenvalue weighted by molar-refractivity contribution is 7.91. The van der Waals surface area contributed by atoms with Gasteiger partial charge in [0.25, 0.3) is 0 Å². The molecule has 0 aliphatic carbocycles. The molecule has 0 radical (unpaired) electrons. The van der Waals surface area contributed by atoms with E-state index in [0.29, 0.717) is 5.69 Å². The van der Waals surface area contributed by atoms with Crippen LogP contribution in [0.15, 0.2) is 24.3 Å². The third-order valence-corrected chi connectivity index (χ3v) is 5.69. The Morgan fingerprint density at radius 1 is 1.20 bits per heavy atom. The fourth-order valence-corrected chi connectivity index (χ4v) is 3.41. The molecule has 0 aliphatic rings. The van der Waals surface area contributed by atoms with E-state index in [4.69, 9.17) is 5.73 Å². The lowest BCUT2D eigenvalue weighted by Gasteiger charge is -2.16. The van der Waals surface area contributed by atoms with Gasteiger partial charge in [0, 0.05) is 17.1 Å². The van der Waals surface area contributed by atoms with Gasteiger partial charge in [0.2, 0.25) is 0 Å². The number of sulfone groups is 1. The van der Waals surface area contributed by atoms with Crippen LogP contribution in [0.2, 0.25) is 0 Å². The molecule has 0 fully saturated rings. The Hall–Kier alpha value is -1.49. The molecule has 1 aromatic carbocycles. The summed E-state index contributed by atoms with van der Waals surface area (Å²) in [6, 6.07) is 7.81. The van der Waals surface area contributed by atoms with Crippen LogP contribution >= 0.6 is 0 Å². The molecule has 2 aromatic rings. The third-order valence-electron chi connectivity index (χ3n) is 3.55. The van der Waals surface area contributed by atoms with Crippen LogP contribution in [0.5, 0.6) is 0 Å². The van der Waals surface area contributed by atoms with Crippen LogP contribution < -0.4 is 5.73 Å². The topological polar surface area (TPSA) is 65.1 Å². The van der Waals surface area contributed by atoms with Crippen LogP contribution in [0.4, 0.5) is 5.69 Å². The lowest BCUT2D eigenvalue weighted by molar-refractivity contribution is 0.574. The minimum absolute atomic E-state index is 0.0525. The SMILES string of the molecule is CC(C)n1c(CS(=O)(=O)C(C)C)cc2cccc(N)c21. The Morgan fingerprint density at radius 2 is 1.85 bits per heavy atom. The van der Waals surface area contributed by atoms with Gasteiger partial charge in [-0.1, -0.05) is 12.1 Å². The van der Waals surface area contributed by atoms with Gasteiger partial charge < -0.3 is 10.3 Å². The molecule has 20 heavy (non-hydrogen) atoms. The van der Waals surface area contributed by atoms with Crippen LogP contribution in [0, 0.1) is 0 Å². The fraction of sp³-hybridized carbons (Fsp3) is 0.467. The maximum atomic E-state index is 12.2. The van der Waals surface area contributed by atoms with Crippen molar-refractivity contribution in [2.45, 2.75) is 44.7 Å². The zero-order valence-electron chi connectivity index (χ0n) is 12.4. The highest BCUT2D eigenvalue weighted by Gasteiger charge is 2.22. The Balaban J connectivity index is 2.65. The van der Waals surface area contributed by atoms with E-state index in [9.17, 15) is 8.42 Å². The molecule has 0 aliphatic heterocycles. The number of para-hydroxylation sites is 1. The standard InChI is InChI=1S/C15H22N2O2S/c1-10(2)17-13(9-20(18,19)11(3)4)8-12-6-5-7-14(16)15(12)17/h5-8,10-11H,9,16H2,1-4H3. The molecular weight excluding hydrogens is 272 g/mol. The maximum Gasteiger partial charge on any atom is 0.158 e. The molecule has 0 amide bonds. The molecule has 1 aromatic heterocycles. The quantitative estimate of drug-likeness (QED) is 0.881. The van der Waals surface area contributed by atoms with Crippen LogP contribution in [-0.4, -0.2) is 18.2 Å². The van der Waals surface area contributed by atoms with Gasteiger partial charge >= 0.3 is 0 Å². The van der Waals surface area contributed by atoms with Crippen LogP contribution in [0.3, 0.4) is 0 Å². The van der Waals surface area contributed by atoms with Gasteiger partial charge in [0.1, 0.15) is 0 Å². The lowest BCUT2D eigenvalue weighted by atomic mass is 10.2. The zero-order valence-corrected chi connectivity index (χ0v) is 13.2. The average Bonchev–Trinajstić information content (AvgIpc) is 2.67. The first kappa shape index (κ1) is 14.9. The van der Waals surface area contributed by atoms with Gasteiger partial charge in [-0.05, 0) is 39.8 Å². The molecule has 0 saturated heterocycles. The number of nitrogen functional groups attached to an aromatic ring is 1. The molecule has 5 heteroatoms. The number of benzene rings is 1. The van der Waals surface area contributed by atoms with E-state index in [-0.39, 0.29) is 17.0 Å². The summed E-state index contributed by atoms with van der Waals surface area (Å²) in [5, 5.41) is 0.617. The van der Waals surface area contributed by atoms with Crippen molar-refractivity contribution in [3.63, 3.8) is 0 Å². The predicted octanol–water partition coefficient (Wildman–Crippen LogP) is 3.13. The molecule has 4 nitrogen and oxygen atoms in total. The van der Waals surface area contributed by atoms with E-state index in [0.717, 1.165) is 16.6 Å². The summed E-state index contributed by atoms with van der Waals surface area (Å²) in [7, 11) is -3.13. The van der Waals surface area contributed by atoms with Crippen LogP contribution in [0.25, 0.3) is 10.9 Å². The summed E-state index contributed by atoms with van der Waals surface area (Å²) in [5.41, 5.74) is 8.48. The Kier molecular flexibility index (Phi) is 3.82. The number of aromatic nitrogens is 1.